The van der Waals surface area contributed by atoms with E-state index in [0.29, 0.717) is 32.0 Å². The molecule has 0 unspecified atom stereocenters. The molecule has 0 radical (unpaired) electrons. The lowest BCUT2D eigenvalue weighted by molar-refractivity contribution is 0.0730. The standard InChI is InChI=1S/C17H17F2N3O3S2/c18-12-1-6-15(19)16(11-12)21-17(26)20-13-2-4-14(5-3-13)27(23,24)22-7-9-25-10-8-22/h1-6,11H,7-10H2,(H2,20,21,26). The largest absolute Gasteiger partial charge is 0.379 e. The van der Waals surface area contributed by atoms with E-state index in [1.165, 1.54) is 16.4 Å². The van der Waals surface area contributed by atoms with Gasteiger partial charge in [0.25, 0.3) is 0 Å². The third-order valence-electron chi connectivity index (χ3n) is 3.90. The number of ether oxygens (including phenoxy) is 1. The number of hydrogen-bond donors (Lipinski definition) is 2. The fourth-order valence-corrected chi connectivity index (χ4v) is 4.16. The minimum absolute atomic E-state index is 0.0447. The Kier molecular flexibility index (Phi) is 6.00. The molecule has 1 aliphatic rings. The van der Waals surface area contributed by atoms with E-state index in [0.717, 1.165) is 18.2 Å². The molecule has 0 atom stereocenters. The van der Waals surface area contributed by atoms with E-state index in [9.17, 15) is 17.2 Å². The quantitative estimate of drug-likeness (QED) is 0.752. The maximum atomic E-state index is 13.6. The van der Waals surface area contributed by atoms with Crippen LogP contribution < -0.4 is 10.6 Å². The Balaban J connectivity index is 1.66. The van der Waals surface area contributed by atoms with Crippen molar-refractivity contribution in [2.24, 2.45) is 0 Å². The van der Waals surface area contributed by atoms with Gasteiger partial charge in [-0.05, 0) is 48.6 Å². The molecule has 27 heavy (non-hydrogen) atoms. The highest BCUT2D eigenvalue weighted by Crippen LogP contribution is 2.20. The predicted octanol–water partition coefficient (Wildman–Crippen LogP) is 2.79. The summed E-state index contributed by atoms with van der Waals surface area (Å²) in [6.07, 6.45) is 0. The molecule has 2 aromatic rings. The Morgan fingerprint density at radius 3 is 2.37 bits per heavy atom. The van der Waals surface area contributed by atoms with Crippen molar-refractivity contribution in [2.45, 2.75) is 4.90 Å². The van der Waals surface area contributed by atoms with Crippen molar-refractivity contribution in [3.8, 4) is 0 Å². The number of anilines is 2. The summed E-state index contributed by atoms with van der Waals surface area (Å²) in [6.45, 7) is 1.37. The third-order valence-corrected chi connectivity index (χ3v) is 6.01. The van der Waals surface area contributed by atoms with E-state index in [2.05, 4.69) is 10.6 Å². The number of sulfonamides is 1. The van der Waals surface area contributed by atoms with E-state index < -0.39 is 21.7 Å². The number of morpholine rings is 1. The van der Waals surface area contributed by atoms with E-state index in [4.69, 9.17) is 17.0 Å². The molecule has 3 rings (SSSR count). The predicted molar refractivity (Wildman–Crippen MR) is 102 cm³/mol. The first-order valence-electron chi connectivity index (χ1n) is 8.07. The van der Waals surface area contributed by atoms with Crippen LogP contribution in [-0.4, -0.2) is 44.1 Å². The van der Waals surface area contributed by atoms with Crippen LogP contribution in [0, 0.1) is 11.6 Å². The van der Waals surface area contributed by atoms with Gasteiger partial charge in [0.15, 0.2) is 5.11 Å². The van der Waals surface area contributed by atoms with E-state index in [1.807, 2.05) is 0 Å². The van der Waals surface area contributed by atoms with Crippen LogP contribution in [0.1, 0.15) is 0 Å². The van der Waals surface area contributed by atoms with Crippen LogP contribution >= 0.6 is 12.2 Å². The molecule has 1 saturated heterocycles. The highest BCUT2D eigenvalue weighted by atomic mass is 32.2. The maximum Gasteiger partial charge on any atom is 0.243 e. The van der Waals surface area contributed by atoms with Crippen LogP contribution in [0.25, 0.3) is 0 Å². The van der Waals surface area contributed by atoms with Crippen LogP contribution in [0.15, 0.2) is 47.4 Å². The zero-order valence-corrected chi connectivity index (χ0v) is 15.7. The van der Waals surface area contributed by atoms with Gasteiger partial charge >= 0.3 is 0 Å². The van der Waals surface area contributed by atoms with Gasteiger partial charge in [-0.2, -0.15) is 4.31 Å². The van der Waals surface area contributed by atoms with Crippen molar-refractivity contribution < 1.29 is 21.9 Å². The second kappa shape index (κ2) is 8.26. The van der Waals surface area contributed by atoms with Crippen molar-refractivity contribution in [2.75, 3.05) is 36.9 Å². The van der Waals surface area contributed by atoms with Gasteiger partial charge in [-0.1, -0.05) is 0 Å². The van der Waals surface area contributed by atoms with Crippen LogP contribution in [0.2, 0.25) is 0 Å². The number of nitrogens with zero attached hydrogens (tertiary/aromatic N) is 1. The molecular weight excluding hydrogens is 396 g/mol. The first-order valence-corrected chi connectivity index (χ1v) is 9.92. The monoisotopic (exact) mass is 413 g/mol. The van der Waals surface area contributed by atoms with Crippen LogP contribution in [0.4, 0.5) is 20.2 Å². The van der Waals surface area contributed by atoms with Gasteiger partial charge in [-0.15, -0.1) is 0 Å². The average Bonchev–Trinajstić information content (AvgIpc) is 2.66. The zero-order chi connectivity index (χ0) is 19.4. The summed E-state index contributed by atoms with van der Waals surface area (Å²) in [5, 5.41) is 5.40. The van der Waals surface area contributed by atoms with Crippen LogP contribution in [-0.2, 0) is 14.8 Å². The van der Waals surface area contributed by atoms with E-state index >= 15 is 0 Å². The van der Waals surface area contributed by atoms with Crippen molar-refractivity contribution in [3.05, 3.63) is 54.1 Å². The Hall–Kier alpha value is -2.14. The van der Waals surface area contributed by atoms with Gasteiger partial charge in [-0.25, -0.2) is 17.2 Å². The summed E-state index contributed by atoms with van der Waals surface area (Å²) in [4.78, 5) is 0.157. The topological polar surface area (TPSA) is 70.7 Å². The highest BCUT2D eigenvalue weighted by molar-refractivity contribution is 7.89. The number of hydrogen-bond acceptors (Lipinski definition) is 4. The summed E-state index contributed by atoms with van der Waals surface area (Å²) in [5.41, 5.74) is 0.407. The Labute approximate surface area is 161 Å². The second-order valence-corrected chi connectivity index (χ2v) is 8.09. The Bertz CT molecular complexity index is 931. The van der Waals surface area contributed by atoms with Crippen molar-refractivity contribution >= 4 is 38.7 Å². The van der Waals surface area contributed by atoms with Gasteiger partial charge in [0.2, 0.25) is 10.0 Å². The molecule has 0 aromatic heterocycles. The second-order valence-electron chi connectivity index (χ2n) is 5.74. The fraction of sp³-hybridized carbons (Fsp3) is 0.235. The van der Waals surface area contributed by atoms with Gasteiger partial charge in [0, 0.05) is 24.8 Å². The Morgan fingerprint density at radius 2 is 1.70 bits per heavy atom. The van der Waals surface area contributed by atoms with Gasteiger partial charge < -0.3 is 15.4 Å². The van der Waals surface area contributed by atoms with Gasteiger partial charge in [0.1, 0.15) is 11.6 Å². The highest BCUT2D eigenvalue weighted by Gasteiger charge is 2.26. The summed E-state index contributed by atoms with van der Waals surface area (Å²) in [7, 11) is -3.58. The molecule has 1 fully saturated rings. The number of benzene rings is 2. The minimum Gasteiger partial charge on any atom is -0.379 e. The lowest BCUT2D eigenvalue weighted by Gasteiger charge is -2.26. The van der Waals surface area contributed by atoms with Crippen LogP contribution in [0.5, 0.6) is 0 Å². The summed E-state index contributed by atoms with van der Waals surface area (Å²) < 4.78 is 58.5. The smallest absolute Gasteiger partial charge is 0.243 e. The van der Waals surface area contributed by atoms with Gasteiger partial charge in [0.05, 0.1) is 23.8 Å². The van der Waals surface area contributed by atoms with E-state index in [1.54, 1.807) is 12.1 Å². The molecule has 0 spiro atoms. The summed E-state index contributed by atoms with van der Waals surface area (Å²) >= 11 is 5.08. The maximum absolute atomic E-state index is 13.6. The first-order chi connectivity index (χ1) is 12.9. The van der Waals surface area contributed by atoms with Crippen molar-refractivity contribution in [3.63, 3.8) is 0 Å². The molecular formula is C17H17F2N3O3S2. The molecule has 0 bridgehead atoms. The third kappa shape index (κ3) is 4.78. The molecule has 144 valence electrons. The van der Waals surface area contributed by atoms with Crippen molar-refractivity contribution in [1.82, 2.24) is 4.31 Å². The molecule has 1 heterocycles. The average molecular weight is 413 g/mol. The van der Waals surface area contributed by atoms with Crippen LogP contribution in [0.3, 0.4) is 0 Å². The number of thiocarbonyl (C=S) groups is 1. The molecule has 0 saturated carbocycles. The number of nitrogens with one attached hydrogen (secondary N) is 2. The zero-order valence-electron chi connectivity index (χ0n) is 14.1. The Morgan fingerprint density at radius 1 is 1.04 bits per heavy atom. The SMILES string of the molecule is O=S(=O)(c1ccc(NC(=S)Nc2cc(F)ccc2F)cc1)N1CCOCC1. The lowest BCUT2D eigenvalue weighted by atomic mass is 10.3. The van der Waals surface area contributed by atoms with E-state index in [-0.39, 0.29) is 15.7 Å². The molecule has 2 N–H and O–H groups in total. The summed E-state index contributed by atoms with van der Waals surface area (Å²) in [6, 6.07) is 8.99. The lowest BCUT2D eigenvalue weighted by Crippen LogP contribution is -2.40. The fourth-order valence-electron chi connectivity index (χ4n) is 2.52. The molecule has 0 amide bonds. The van der Waals surface area contributed by atoms with Gasteiger partial charge in [-0.3, -0.25) is 0 Å². The molecule has 6 nitrogen and oxygen atoms in total. The molecule has 2 aromatic carbocycles. The molecule has 10 heteroatoms. The summed E-state index contributed by atoms with van der Waals surface area (Å²) in [5.74, 6) is -1.24. The normalized spacial score (nSPS) is 15.3. The minimum atomic E-state index is -3.58. The molecule has 0 aliphatic carbocycles. The molecule has 1 aliphatic heterocycles. The number of halogens is 2. The van der Waals surface area contributed by atoms with Crippen molar-refractivity contribution in [1.29, 1.82) is 0 Å². The first kappa shape index (κ1) is 19.6. The number of rotatable bonds is 4.